The summed E-state index contributed by atoms with van der Waals surface area (Å²) in [6, 6.07) is 8.39. The van der Waals surface area contributed by atoms with Gasteiger partial charge in [-0.05, 0) is 64.5 Å². The standard InChI is InChI=1S/C26H37N3O5/c1-4-25-13-14-26(34-25)20(19(25)22(31)28-18-11-7-5-8-12-18)24(33)29(15-9-6-10-16-30)21(26)23(32)27-17(2)3/h5,7-8,11-12,17,19-21,30H,4,6,9-10,13-16H2,1-3H3,(H,27,32)(H,28,31)/t19-,20+,21?,25+,26?/m1/s1. The van der Waals surface area contributed by atoms with Gasteiger partial charge in [0.25, 0.3) is 0 Å². The fourth-order valence-corrected chi connectivity index (χ4v) is 6.33. The van der Waals surface area contributed by atoms with E-state index in [1.807, 2.05) is 51.1 Å². The van der Waals surface area contributed by atoms with Gasteiger partial charge in [-0.15, -0.1) is 0 Å². The molecule has 3 aliphatic heterocycles. The van der Waals surface area contributed by atoms with Gasteiger partial charge in [-0.25, -0.2) is 0 Å². The molecule has 2 unspecified atom stereocenters. The van der Waals surface area contributed by atoms with Gasteiger partial charge in [-0.3, -0.25) is 14.4 Å². The predicted molar refractivity (Wildman–Crippen MR) is 128 cm³/mol. The van der Waals surface area contributed by atoms with Crippen molar-refractivity contribution < 1.29 is 24.2 Å². The van der Waals surface area contributed by atoms with Crippen LogP contribution < -0.4 is 10.6 Å². The summed E-state index contributed by atoms with van der Waals surface area (Å²) in [6.45, 7) is 6.28. The van der Waals surface area contributed by atoms with Gasteiger partial charge >= 0.3 is 0 Å². The van der Waals surface area contributed by atoms with Crippen LogP contribution in [0.4, 0.5) is 5.69 Å². The summed E-state index contributed by atoms with van der Waals surface area (Å²) in [5.74, 6) is -1.96. The summed E-state index contributed by atoms with van der Waals surface area (Å²) in [5.41, 5.74) is -1.07. The zero-order valence-electron chi connectivity index (χ0n) is 20.4. The van der Waals surface area contributed by atoms with E-state index in [4.69, 9.17) is 9.84 Å². The third kappa shape index (κ3) is 4.01. The first kappa shape index (κ1) is 24.7. The van der Waals surface area contributed by atoms with E-state index in [1.165, 1.54) is 0 Å². The number of ether oxygens (including phenoxy) is 1. The number of carbonyl (C=O) groups excluding carboxylic acids is 3. The fourth-order valence-electron chi connectivity index (χ4n) is 6.33. The Morgan fingerprint density at radius 3 is 2.53 bits per heavy atom. The Morgan fingerprint density at radius 2 is 1.88 bits per heavy atom. The van der Waals surface area contributed by atoms with Crippen molar-refractivity contribution in [2.75, 3.05) is 18.5 Å². The monoisotopic (exact) mass is 471 g/mol. The number of nitrogens with one attached hydrogen (secondary N) is 2. The molecule has 3 amide bonds. The maximum absolute atomic E-state index is 13.9. The summed E-state index contributed by atoms with van der Waals surface area (Å²) < 4.78 is 6.71. The summed E-state index contributed by atoms with van der Waals surface area (Å²) >= 11 is 0. The first-order chi connectivity index (χ1) is 16.3. The molecule has 3 heterocycles. The number of unbranched alkanes of at least 4 members (excludes halogenated alkanes) is 2. The smallest absolute Gasteiger partial charge is 0.246 e. The van der Waals surface area contributed by atoms with Crippen molar-refractivity contribution >= 4 is 23.4 Å². The molecule has 0 saturated carbocycles. The van der Waals surface area contributed by atoms with Crippen LogP contribution in [0.25, 0.3) is 0 Å². The number of hydrogen-bond acceptors (Lipinski definition) is 5. The molecule has 0 radical (unpaired) electrons. The molecule has 3 N–H and O–H groups in total. The van der Waals surface area contributed by atoms with E-state index < -0.39 is 29.1 Å². The molecule has 0 aliphatic carbocycles. The largest absolute Gasteiger partial charge is 0.396 e. The van der Waals surface area contributed by atoms with Gasteiger partial charge in [-0.2, -0.15) is 0 Å². The lowest BCUT2D eigenvalue weighted by Crippen LogP contribution is -2.56. The Bertz CT molecular complexity index is 922. The molecular weight excluding hydrogens is 434 g/mol. The maximum Gasteiger partial charge on any atom is 0.246 e. The highest BCUT2D eigenvalue weighted by atomic mass is 16.5. The predicted octanol–water partition coefficient (Wildman–Crippen LogP) is 2.47. The number of benzene rings is 1. The van der Waals surface area contributed by atoms with Crippen molar-refractivity contribution in [1.82, 2.24) is 10.2 Å². The van der Waals surface area contributed by atoms with Crippen LogP contribution in [0.1, 0.15) is 59.3 Å². The Balaban J connectivity index is 1.68. The highest BCUT2D eigenvalue weighted by molar-refractivity contribution is 6.02. The molecule has 186 valence electrons. The van der Waals surface area contributed by atoms with Gasteiger partial charge in [0.1, 0.15) is 11.6 Å². The molecule has 8 nitrogen and oxygen atoms in total. The van der Waals surface area contributed by atoms with Crippen LogP contribution in [0, 0.1) is 11.8 Å². The summed E-state index contributed by atoms with van der Waals surface area (Å²) in [6.07, 6.45) is 3.91. The zero-order valence-corrected chi connectivity index (χ0v) is 20.4. The van der Waals surface area contributed by atoms with Gasteiger partial charge in [0.15, 0.2) is 0 Å². The van der Waals surface area contributed by atoms with Crippen molar-refractivity contribution in [2.45, 2.75) is 82.6 Å². The minimum Gasteiger partial charge on any atom is -0.396 e. The van der Waals surface area contributed by atoms with E-state index in [-0.39, 0.29) is 30.4 Å². The number of likely N-dealkylation sites (tertiary alicyclic amines) is 1. The lowest BCUT2D eigenvalue weighted by atomic mass is 9.65. The Morgan fingerprint density at radius 1 is 1.15 bits per heavy atom. The number of aliphatic hydroxyl groups excluding tert-OH is 1. The highest BCUT2D eigenvalue weighted by Crippen LogP contribution is 2.64. The zero-order chi connectivity index (χ0) is 24.5. The van der Waals surface area contributed by atoms with E-state index in [9.17, 15) is 14.4 Å². The number of hydrogen-bond donors (Lipinski definition) is 3. The van der Waals surface area contributed by atoms with Crippen LogP contribution in [-0.2, 0) is 19.1 Å². The van der Waals surface area contributed by atoms with Crippen molar-refractivity contribution in [2.24, 2.45) is 11.8 Å². The molecule has 8 heteroatoms. The average molecular weight is 472 g/mol. The van der Waals surface area contributed by atoms with Gasteiger partial charge in [0.2, 0.25) is 17.7 Å². The number of fused-ring (bicyclic) bond motifs is 1. The number of anilines is 1. The van der Waals surface area contributed by atoms with Gasteiger partial charge in [-0.1, -0.05) is 25.1 Å². The van der Waals surface area contributed by atoms with E-state index >= 15 is 0 Å². The molecule has 4 rings (SSSR count). The van der Waals surface area contributed by atoms with Crippen molar-refractivity contribution in [1.29, 1.82) is 0 Å². The normalized spacial score (nSPS) is 31.7. The van der Waals surface area contributed by atoms with Crippen LogP contribution >= 0.6 is 0 Å². The second-order valence-corrected chi connectivity index (χ2v) is 10.2. The molecule has 3 saturated heterocycles. The number of rotatable bonds is 10. The minimum atomic E-state index is -0.998. The number of carbonyl (C=O) groups is 3. The van der Waals surface area contributed by atoms with Crippen LogP contribution in [0.5, 0.6) is 0 Å². The number of para-hydroxylation sites is 1. The fraction of sp³-hybridized carbons (Fsp3) is 0.654. The van der Waals surface area contributed by atoms with Crippen LogP contribution in [0.3, 0.4) is 0 Å². The molecule has 1 aromatic rings. The molecular formula is C26H37N3O5. The van der Waals surface area contributed by atoms with E-state index in [2.05, 4.69) is 10.6 Å². The molecule has 1 spiro atoms. The number of aliphatic hydroxyl groups is 1. The van der Waals surface area contributed by atoms with Gasteiger partial charge < -0.3 is 25.4 Å². The SMILES string of the molecule is CC[C@@]12CCC3(O1)C(C(=O)NC(C)C)N(CCCCCO)C(=O)[C@@H]3[C@@H]2C(=O)Nc1ccccc1. The summed E-state index contributed by atoms with van der Waals surface area (Å²) in [7, 11) is 0. The molecule has 2 bridgehead atoms. The van der Waals surface area contributed by atoms with Crippen molar-refractivity contribution in [3.63, 3.8) is 0 Å². The Labute approximate surface area is 201 Å². The topological polar surface area (TPSA) is 108 Å². The summed E-state index contributed by atoms with van der Waals surface area (Å²) in [5, 5.41) is 15.1. The van der Waals surface area contributed by atoms with Crippen LogP contribution in [0.2, 0.25) is 0 Å². The van der Waals surface area contributed by atoms with Gasteiger partial charge in [0.05, 0.1) is 17.4 Å². The average Bonchev–Trinajstić information content (AvgIpc) is 3.40. The van der Waals surface area contributed by atoms with E-state index in [1.54, 1.807) is 4.90 Å². The first-order valence-electron chi connectivity index (χ1n) is 12.6. The Kier molecular flexibility index (Phi) is 7.01. The Hall–Kier alpha value is -2.45. The van der Waals surface area contributed by atoms with E-state index in [0.717, 1.165) is 6.42 Å². The summed E-state index contributed by atoms with van der Waals surface area (Å²) in [4.78, 5) is 42.6. The first-order valence-corrected chi connectivity index (χ1v) is 12.6. The molecule has 0 aromatic heterocycles. The lowest BCUT2D eigenvalue weighted by Gasteiger charge is -2.34. The molecule has 3 aliphatic rings. The third-order valence-electron chi connectivity index (χ3n) is 7.74. The van der Waals surface area contributed by atoms with E-state index in [0.29, 0.717) is 44.3 Å². The second-order valence-electron chi connectivity index (χ2n) is 10.2. The maximum atomic E-state index is 13.9. The molecule has 1 aromatic carbocycles. The third-order valence-corrected chi connectivity index (χ3v) is 7.74. The second kappa shape index (κ2) is 9.66. The highest BCUT2D eigenvalue weighted by Gasteiger charge is 2.78. The minimum absolute atomic E-state index is 0.0785. The van der Waals surface area contributed by atoms with Crippen molar-refractivity contribution in [3.8, 4) is 0 Å². The molecule has 3 fully saturated rings. The lowest BCUT2D eigenvalue weighted by molar-refractivity contribution is -0.146. The number of nitrogens with zero attached hydrogens (tertiary/aromatic N) is 1. The van der Waals surface area contributed by atoms with Crippen molar-refractivity contribution in [3.05, 3.63) is 30.3 Å². The molecule has 5 atom stereocenters. The molecule has 34 heavy (non-hydrogen) atoms. The van der Waals surface area contributed by atoms with Crippen LogP contribution in [-0.4, -0.2) is 64.2 Å². The van der Waals surface area contributed by atoms with Crippen LogP contribution in [0.15, 0.2) is 30.3 Å². The quantitative estimate of drug-likeness (QED) is 0.455. The van der Waals surface area contributed by atoms with Gasteiger partial charge in [0, 0.05) is 24.9 Å². The number of amides is 3.